The molecule has 6 nitrogen and oxygen atoms in total. The molecule has 1 aromatic rings. The summed E-state index contributed by atoms with van der Waals surface area (Å²) in [7, 11) is 0. The van der Waals surface area contributed by atoms with E-state index >= 15 is 0 Å². The number of carboxylic acid groups (broad SMARTS) is 1. The van der Waals surface area contributed by atoms with Gasteiger partial charge in [0.25, 0.3) is 0 Å². The summed E-state index contributed by atoms with van der Waals surface area (Å²) < 4.78 is 0. The minimum Gasteiger partial charge on any atom is -0.481 e. The number of hydrogen-bond acceptors (Lipinski definition) is 5. The smallest absolute Gasteiger partial charge is 0.309 e. The summed E-state index contributed by atoms with van der Waals surface area (Å²) in [6, 6.07) is 2.36. The maximum Gasteiger partial charge on any atom is 0.309 e. The third-order valence-corrected chi connectivity index (χ3v) is 5.53. The van der Waals surface area contributed by atoms with Crippen LogP contribution in [0, 0.1) is 5.92 Å². The number of carboxylic acids is 1. The molecule has 0 radical (unpaired) electrons. The second-order valence-corrected chi connectivity index (χ2v) is 7.25. The van der Waals surface area contributed by atoms with Crippen molar-refractivity contribution in [1.82, 2.24) is 14.7 Å². The van der Waals surface area contributed by atoms with Crippen LogP contribution in [-0.2, 0) is 16.1 Å². The number of carbonyl (C=O) groups excluding carboxylic acids is 1. The first-order valence-corrected chi connectivity index (χ1v) is 8.93. The Morgan fingerprint density at radius 3 is 2.74 bits per heavy atom. The molecule has 2 aliphatic rings. The summed E-state index contributed by atoms with van der Waals surface area (Å²) in [6.07, 6.45) is 0. The van der Waals surface area contributed by atoms with E-state index in [2.05, 4.69) is 26.6 Å². The summed E-state index contributed by atoms with van der Waals surface area (Å²) in [5.41, 5.74) is 1.32. The number of thiophene rings is 1. The molecule has 2 aliphatic heterocycles. The molecule has 3 rings (SSSR count). The minimum atomic E-state index is -0.808. The van der Waals surface area contributed by atoms with Crippen LogP contribution >= 0.6 is 11.3 Å². The van der Waals surface area contributed by atoms with Crippen LogP contribution in [0.3, 0.4) is 0 Å². The van der Waals surface area contributed by atoms with Gasteiger partial charge in [-0.3, -0.25) is 19.4 Å². The van der Waals surface area contributed by atoms with Crippen molar-refractivity contribution in [1.29, 1.82) is 0 Å². The molecular weight excluding hydrogens is 314 g/mol. The van der Waals surface area contributed by atoms with Crippen LogP contribution in [0.1, 0.15) is 12.5 Å². The van der Waals surface area contributed by atoms with Crippen molar-refractivity contribution in [3.63, 3.8) is 0 Å². The third kappa shape index (κ3) is 3.91. The third-order valence-electron chi connectivity index (χ3n) is 4.80. The molecule has 23 heavy (non-hydrogen) atoms. The summed E-state index contributed by atoms with van der Waals surface area (Å²) in [5.74, 6) is -1.34. The number of hydrogen-bond donors (Lipinski definition) is 1. The summed E-state index contributed by atoms with van der Waals surface area (Å²) >= 11 is 1.71. The van der Waals surface area contributed by atoms with Gasteiger partial charge in [-0.1, -0.05) is 0 Å². The highest BCUT2D eigenvalue weighted by molar-refractivity contribution is 7.07. The lowest BCUT2D eigenvalue weighted by molar-refractivity contribution is -0.143. The number of rotatable bonds is 3. The maximum absolute atomic E-state index is 11.8. The van der Waals surface area contributed by atoms with Crippen molar-refractivity contribution in [2.45, 2.75) is 19.5 Å². The van der Waals surface area contributed by atoms with Crippen LogP contribution in [0.25, 0.3) is 0 Å². The molecule has 0 aromatic carbocycles. The van der Waals surface area contributed by atoms with Gasteiger partial charge in [0.05, 0.1) is 5.92 Å². The molecule has 2 unspecified atom stereocenters. The molecule has 0 bridgehead atoms. The number of nitrogens with zero attached hydrogens (tertiary/aromatic N) is 3. The molecule has 0 aliphatic carbocycles. The number of piperazine rings is 1. The Morgan fingerprint density at radius 1 is 1.26 bits per heavy atom. The molecule has 7 heteroatoms. The largest absolute Gasteiger partial charge is 0.481 e. The van der Waals surface area contributed by atoms with E-state index in [0.29, 0.717) is 19.6 Å². The van der Waals surface area contributed by atoms with Gasteiger partial charge in [0.2, 0.25) is 5.91 Å². The Hall–Kier alpha value is -1.44. The lowest BCUT2D eigenvalue weighted by atomic mass is 10.1. The van der Waals surface area contributed by atoms with Gasteiger partial charge >= 0.3 is 5.97 Å². The zero-order valence-corrected chi connectivity index (χ0v) is 14.2. The van der Waals surface area contributed by atoms with Gasteiger partial charge in [0.15, 0.2) is 0 Å². The maximum atomic E-state index is 11.8. The van der Waals surface area contributed by atoms with Gasteiger partial charge in [-0.05, 0) is 22.4 Å². The molecular formula is C16H23N3O3S. The molecule has 0 saturated carbocycles. The van der Waals surface area contributed by atoms with Crippen molar-refractivity contribution in [3.05, 3.63) is 22.4 Å². The Kier molecular flexibility index (Phi) is 4.99. The molecule has 0 spiro atoms. The van der Waals surface area contributed by atoms with Crippen LogP contribution in [0.4, 0.5) is 0 Å². The normalized spacial score (nSPS) is 26.6. The summed E-state index contributed by atoms with van der Waals surface area (Å²) in [6.45, 7) is 6.63. The van der Waals surface area contributed by atoms with Gasteiger partial charge in [-0.25, -0.2) is 0 Å². The van der Waals surface area contributed by atoms with E-state index < -0.39 is 11.9 Å². The topological polar surface area (TPSA) is 64.1 Å². The predicted molar refractivity (Wildman–Crippen MR) is 88.3 cm³/mol. The quantitative estimate of drug-likeness (QED) is 0.884. The van der Waals surface area contributed by atoms with E-state index in [9.17, 15) is 14.7 Å². The first-order chi connectivity index (χ1) is 11.0. The van der Waals surface area contributed by atoms with E-state index in [1.807, 2.05) is 0 Å². The van der Waals surface area contributed by atoms with Gasteiger partial charge in [-0.2, -0.15) is 11.3 Å². The van der Waals surface area contributed by atoms with Crippen molar-refractivity contribution in [2.75, 3.05) is 39.3 Å². The molecule has 3 heterocycles. The zero-order valence-electron chi connectivity index (χ0n) is 13.4. The molecule has 2 atom stereocenters. The molecule has 1 aromatic heterocycles. The fourth-order valence-corrected chi connectivity index (χ4v) is 4.16. The average Bonchev–Trinajstić information content (AvgIpc) is 2.92. The molecule has 2 fully saturated rings. The lowest BCUT2D eigenvalue weighted by Gasteiger charge is -2.41. The first kappa shape index (κ1) is 16.4. The molecule has 126 valence electrons. The van der Waals surface area contributed by atoms with E-state index in [4.69, 9.17) is 0 Å². The average molecular weight is 337 g/mol. The highest BCUT2D eigenvalue weighted by Crippen LogP contribution is 2.21. The highest BCUT2D eigenvalue weighted by Gasteiger charge is 2.36. The second-order valence-electron chi connectivity index (χ2n) is 6.47. The Labute approximate surface area is 140 Å². The number of amides is 1. The van der Waals surface area contributed by atoms with Crippen molar-refractivity contribution in [2.24, 2.45) is 5.92 Å². The fourth-order valence-electron chi connectivity index (χ4n) is 3.50. The SMILES string of the molecule is CC(=O)N1CC(C(=O)O)CN2CCN(Cc3ccsc3)CC2C1. The Bertz CT molecular complexity index is 563. The van der Waals surface area contributed by atoms with E-state index in [1.54, 1.807) is 16.2 Å². The fraction of sp³-hybridized carbons (Fsp3) is 0.625. The van der Waals surface area contributed by atoms with Gasteiger partial charge in [-0.15, -0.1) is 0 Å². The van der Waals surface area contributed by atoms with Crippen molar-refractivity contribution < 1.29 is 14.7 Å². The monoisotopic (exact) mass is 337 g/mol. The van der Waals surface area contributed by atoms with Crippen molar-refractivity contribution >= 4 is 23.2 Å². The van der Waals surface area contributed by atoms with Crippen LogP contribution < -0.4 is 0 Å². The first-order valence-electron chi connectivity index (χ1n) is 7.98. The summed E-state index contributed by atoms with van der Waals surface area (Å²) in [5, 5.41) is 13.7. The van der Waals surface area contributed by atoms with Crippen LogP contribution in [0.2, 0.25) is 0 Å². The van der Waals surface area contributed by atoms with E-state index in [1.165, 1.54) is 12.5 Å². The molecule has 1 amide bonds. The van der Waals surface area contributed by atoms with Crippen LogP contribution in [0.5, 0.6) is 0 Å². The van der Waals surface area contributed by atoms with Crippen LogP contribution in [-0.4, -0.2) is 77.0 Å². The highest BCUT2D eigenvalue weighted by atomic mass is 32.1. The number of fused-ring (bicyclic) bond motifs is 1. The van der Waals surface area contributed by atoms with E-state index in [-0.39, 0.29) is 11.9 Å². The Morgan fingerprint density at radius 2 is 2.09 bits per heavy atom. The van der Waals surface area contributed by atoms with Crippen LogP contribution in [0.15, 0.2) is 16.8 Å². The molecule has 1 N–H and O–H groups in total. The van der Waals surface area contributed by atoms with Gasteiger partial charge < -0.3 is 10.0 Å². The summed E-state index contributed by atoms with van der Waals surface area (Å²) in [4.78, 5) is 29.7. The number of carbonyl (C=O) groups is 2. The molecule has 2 saturated heterocycles. The second kappa shape index (κ2) is 6.98. The lowest BCUT2D eigenvalue weighted by Crippen LogP contribution is -2.55. The Balaban J connectivity index is 1.69. The zero-order chi connectivity index (χ0) is 16.4. The minimum absolute atomic E-state index is 0.0342. The standard InChI is InChI=1S/C16H23N3O3S/c1-12(20)19-8-14(16(21)22)7-18-4-3-17(9-15(18)10-19)6-13-2-5-23-11-13/h2,5,11,14-15H,3-4,6-10H2,1H3,(H,21,22). The predicted octanol–water partition coefficient (Wildman–Crippen LogP) is 0.797. The van der Waals surface area contributed by atoms with Crippen molar-refractivity contribution in [3.8, 4) is 0 Å². The van der Waals surface area contributed by atoms with E-state index in [0.717, 1.165) is 26.2 Å². The number of aliphatic carboxylic acids is 1. The van der Waals surface area contributed by atoms with Gasteiger partial charge in [0, 0.05) is 58.8 Å². The van der Waals surface area contributed by atoms with Gasteiger partial charge in [0.1, 0.15) is 0 Å².